The maximum Gasteiger partial charge on any atom is 0.143 e. The molecule has 0 saturated carbocycles. The van der Waals surface area contributed by atoms with Crippen LogP contribution in [0, 0.1) is 20.8 Å². The molecule has 0 aliphatic carbocycles. The van der Waals surface area contributed by atoms with Gasteiger partial charge in [0.15, 0.2) is 0 Å². The lowest BCUT2D eigenvalue weighted by atomic mass is 10.1. The average Bonchev–Trinajstić information content (AvgIpc) is 2.97. The molecule has 0 unspecified atom stereocenters. The Morgan fingerprint density at radius 3 is 2.08 bits per heavy atom. The smallest absolute Gasteiger partial charge is 0.143 e. The monoisotopic (exact) mass is 327 g/mol. The number of hydrogen-bond donors (Lipinski definition) is 1. The molecule has 2 aromatic carbocycles. The van der Waals surface area contributed by atoms with Crippen molar-refractivity contribution in [3.63, 3.8) is 0 Å². The van der Waals surface area contributed by atoms with Crippen LogP contribution in [0.15, 0.2) is 66.7 Å². The van der Waals surface area contributed by atoms with E-state index in [1.165, 1.54) is 11.1 Å². The SMILES string of the molecule is Cc1ccc(Nc2c(-c3ccc(C)cc3)nc3cccc(C)n23)cc1. The number of aromatic nitrogens is 2. The van der Waals surface area contributed by atoms with E-state index in [-0.39, 0.29) is 0 Å². The quantitative estimate of drug-likeness (QED) is 0.525. The summed E-state index contributed by atoms with van der Waals surface area (Å²) in [4.78, 5) is 4.89. The van der Waals surface area contributed by atoms with Gasteiger partial charge in [0.25, 0.3) is 0 Å². The van der Waals surface area contributed by atoms with Gasteiger partial charge in [-0.05, 0) is 45.0 Å². The van der Waals surface area contributed by atoms with Gasteiger partial charge in [-0.15, -0.1) is 0 Å². The third-order valence-electron chi connectivity index (χ3n) is 4.48. The Hall–Kier alpha value is -3.07. The van der Waals surface area contributed by atoms with Crippen LogP contribution in [-0.2, 0) is 0 Å². The van der Waals surface area contributed by atoms with Crippen molar-refractivity contribution in [1.82, 2.24) is 9.38 Å². The molecule has 0 saturated heterocycles. The van der Waals surface area contributed by atoms with Crippen molar-refractivity contribution in [1.29, 1.82) is 0 Å². The van der Waals surface area contributed by atoms with Crippen LogP contribution < -0.4 is 5.32 Å². The first-order chi connectivity index (χ1) is 12.1. The molecule has 25 heavy (non-hydrogen) atoms. The first-order valence-electron chi connectivity index (χ1n) is 8.50. The molecular formula is C22H21N3. The normalized spacial score (nSPS) is 11.0. The van der Waals surface area contributed by atoms with E-state index in [9.17, 15) is 0 Å². The third kappa shape index (κ3) is 2.89. The number of pyridine rings is 1. The second-order valence-electron chi connectivity index (χ2n) is 6.53. The van der Waals surface area contributed by atoms with Crippen LogP contribution in [0.1, 0.15) is 16.8 Å². The van der Waals surface area contributed by atoms with Crippen LogP contribution in [0.2, 0.25) is 0 Å². The van der Waals surface area contributed by atoms with Crippen molar-refractivity contribution in [2.75, 3.05) is 5.32 Å². The molecule has 1 N–H and O–H groups in total. The Labute approximate surface area is 148 Å². The lowest BCUT2D eigenvalue weighted by Gasteiger charge is -2.11. The lowest BCUT2D eigenvalue weighted by Crippen LogP contribution is -1.99. The first-order valence-corrected chi connectivity index (χ1v) is 8.50. The Morgan fingerprint density at radius 2 is 1.40 bits per heavy atom. The van der Waals surface area contributed by atoms with Crippen LogP contribution in [0.5, 0.6) is 0 Å². The van der Waals surface area contributed by atoms with Gasteiger partial charge >= 0.3 is 0 Å². The highest BCUT2D eigenvalue weighted by molar-refractivity contribution is 5.80. The zero-order chi connectivity index (χ0) is 17.4. The molecular weight excluding hydrogens is 306 g/mol. The summed E-state index contributed by atoms with van der Waals surface area (Å²) < 4.78 is 2.18. The van der Waals surface area contributed by atoms with Gasteiger partial charge in [0.2, 0.25) is 0 Å². The molecule has 0 atom stereocenters. The van der Waals surface area contributed by atoms with Crippen molar-refractivity contribution in [2.24, 2.45) is 0 Å². The third-order valence-corrected chi connectivity index (χ3v) is 4.48. The fraction of sp³-hybridized carbons (Fsp3) is 0.136. The van der Waals surface area contributed by atoms with E-state index < -0.39 is 0 Å². The summed E-state index contributed by atoms with van der Waals surface area (Å²) in [6.45, 7) is 6.30. The Morgan fingerprint density at radius 1 is 0.760 bits per heavy atom. The molecule has 4 aromatic rings. The molecule has 0 amide bonds. The fourth-order valence-corrected chi connectivity index (χ4v) is 3.06. The van der Waals surface area contributed by atoms with Crippen LogP contribution in [-0.4, -0.2) is 9.38 Å². The number of fused-ring (bicyclic) bond motifs is 1. The molecule has 2 aromatic heterocycles. The first kappa shape index (κ1) is 15.5. The van der Waals surface area contributed by atoms with Gasteiger partial charge in [-0.25, -0.2) is 4.98 Å². The highest BCUT2D eigenvalue weighted by Gasteiger charge is 2.15. The summed E-state index contributed by atoms with van der Waals surface area (Å²) in [5, 5.41) is 3.58. The number of hydrogen-bond acceptors (Lipinski definition) is 2. The minimum Gasteiger partial charge on any atom is -0.339 e. The Bertz CT molecular complexity index is 1030. The molecule has 0 bridgehead atoms. The van der Waals surface area contributed by atoms with Crippen molar-refractivity contribution in [2.45, 2.75) is 20.8 Å². The van der Waals surface area contributed by atoms with E-state index in [0.29, 0.717) is 0 Å². The molecule has 3 nitrogen and oxygen atoms in total. The van der Waals surface area contributed by atoms with Gasteiger partial charge in [0.05, 0.1) is 0 Å². The van der Waals surface area contributed by atoms with E-state index in [0.717, 1.165) is 34.1 Å². The second-order valence-corrected chi connectivity index (χ2v) is 6.53. The van der Waals surface area contributed by atoms with E-state index in [4.69, 9.17) is 4.98 Å². The number of imidazole rings is 1. The molecule has 3 heteroatoms. The zero-order valence-corrected chi connectivity index (χ0v) is 14.7. The molecule has 2 heterocycles. The summed E-state index contributed by atoms with van der Waals surface area (Å²) in [6.07, 6.45) is 0. The number of benzene rings is 2. The second kappa shape index (κ2) is 6.10. The fourth-order valence-electron chi connectivity index (χ4n) is 3.06. The van der Waals surface area contributed by atoms with Crippen LogP contribution in [0.4, 0.5) is 11.5 Å². The van der Waals surface area contributed by atoms with Crippen LogP contribution >= 0.6 is 0 Å². The Kier molecular flexibility index (Phi) is 3.77. The van der Waals surface area contributed by atoms with Gasteiger partial charge in [0.1, 0.15) is 17.2 Å². The predicted molar refractivity (Wildman–Crippen MR) is 105 cm³/mol. The molecule has 124 valence electrons. The van der Waals surface area contributed by atoms with Gasteiger partial charge in [-0.1, -0.05) is 53.6 Å². The predicted octanol–water partition coefficient (Wildman–Crippen LogP) is 5.67. The molecule has 4 rings (SSSR count). The number of rotatable bonds is 3. The number of nitrogens with zero attached hydrogens (tertiary/aromatic N) is 2. The van der Waals surface area contributed by atoms with Gasteiger partial charge in [-0.3, -0.25) is 4.40 Å². The van der Waals surface area contributed by atoms with Crippen molar-refractivity contribution in [3.05, 3.63) is 83.6 Å². The van der Waals surface area contributed by atoms with E-state index in [1.54, 1.807) is 0 Å². The Balaban J connectivity index is 1.91. The number of anilines is 2. The zero-order valence-electron chi connectivity index (χ0n) is 14.7. The van der Waals surface area contributed by atoms with Crippen molar-refractivity contribution < 1.29 is 0 Å². The summed E-state index contributed by atoms with van der Waals surface area (Å²) in [5.74, 6) is 1.00. The van der Waals surface area contributed by atoms with Crippen molar-refractivity contribution in [3.8, 4) is 11.3 Å². The summed E-state index contributed by atoms with van der Waals surface area (Å²) in [5.41, 5.74) is 7.74. The van der Waals surface area contributed by atoms with Crippen molar-refractivity contribution >= 4 is 17.2 Å². The molecule has 0 spiro atoms. The largest absolute Gasteiger partial charge is 0.339 e. The van der Waals surface area contributed by atoms with Crippen LogP contribution in [0.3, 0.4) is 0 Å². The average molecular weight is 327 g/mol. The molecule has 0 aliphatic rings. The summed E-state index contributed by atoms with van der Waals surface area (Å²) >= 11 is 0. The van der Waals surface area contributed by atoms with Gasteiger partial charge < -0.3 is 5.32 Å². The highest BCUT2D eigenvalue weighted by atomic mass is 15.1. The summed E-state index contributed by atoms with van der Waals surface area (Å²) in [6, 6.07) is 23.2. The van der Waals surface area contributed by atoms with E-state index >= 15 is 0 Å². The maximum absolute atomic E-state index is 4.89. The standard InChI is InChI=1S/C22H21N3/c1-15-7-11-18(12-8-15)21-22(23-19-13-9-16(2)10-14-19)25-17(3)5-4-6-20(25)24-21/h4-14,23H,1-3H3. The number of nitrogens with one attached hydrogen (secondary N) is 1. The molecule has 0 radical (unpaired) electrons. The highest BCUT2D eigenvalue weighted by Crippen LogP contribution is 2.32. The number of aryl methyl sites for hydroxylation is 3. The topological polar surface area (TPSA) is 29.3 Å². The van der Waals surface area contributed by atoms with E-state index in [2.05, 4.69) is 85.1 Å². The van der Waals surface area contributed by atoms with Crippen LogP contribution in [0.25, 0.3) is 16.9 Å². The molecule has 0 aliphatic heterocycles. The minimum absolute atomic E-state index is 0.949. The maximum atomic E-state index is 4.89. The lowest BCUT2D eigenvalue weighted by molar-refractivity contribution is 1.10. The van der Waals surface area contributed by atoms with E-state index in [1.807, 2.05) is 12.1 Å². The van der Waals surface area contributed by atoms with Gasteiger partial charge in [-0.2, -0.15) is 0 Å². The molecule has 0 fully saturated rings. The van der Waals surface area contributed by atoms with Gasteiger partial charge in [0, 0.05) is 16.9 Å². The summed E-state index contributed by atoms with van der Waals surface area (Å²) in [7, 11) is 0. The minimum atomic E-state index is 0.949.